The molecule has 1 aromatic heterocycles. The molecule has 1 N–H and O–H groups in total. The van der Waals surface area contributed by atoms with E-state index in [2.05, 4.69) is 34.0 Å². The Kier molecular flexibility index (Phi) is 3.29. The van der Waals surface area contributed by atoms with Crippen LogP contribution in [0.25, 0.3) is 11.0 Å². The maximum Gasteiger partial charge on any atom is 0.147 e. The smallest absolute Gasteiger partial charge is 0.147 e. The highest BCUT2D eigenvalue weighted by Gasteiger charge is 2.22. The second-order valence-electron chi connectivity index (χ2n) is 5.23. The Morgan fingerprint density at radius 1 is 1.21 bits per heavy atom. The molecule has 0 spiro atoms. The molecule has 0 aliphatic carbocycles. The van der Waals surface area contributed by atoms with Crippen LogP contribution < -0.4 is 10.2 Å². The summed E-state index contributed by atoms with van der Waals surface area (Å²) in [7, 11) is 0. The quantitative estimate of drug-likeness (QED) is 0.869. The molecule has 1 fully saturated rings. The van der Waals surface area contributed by atoms with Gasteiger partial charge in [0.25, 0.3) is 0 Å². The molecule has 100 valence electrons. The third kappa shape index (κ3) is 2.65. The van der Waals surface area contributed by atoms with E-state index in [9.17, 15) is 0 Å². The summed E-state index contributed by atoms with van der Waals surface area (Å²) < 4.78 is 0. The van der Waals surface area contributed by atoms with E-state index in [1.807, 2.05) is 24.4 Å². The van der Waals surface area contributed by atoms with Gasteiger partial charge in [0.1, 0.15) is 5.82 Å². The molecule has 2 atom stereocenters. The Hall–Kier alpha value is -1.39. The van der Waals surface area contributed by atoms with E-state index >= 15 is 0 Å². The first kappa shape index (κ1) is 12.6. The van der Waals surface area contributed by atoms with Gasteiger partial charge in [0.05, 0.1) is 17.2 Å². The van der Waals surface area contributed by atoms with Gasteiger partial charge in [-0.3, -0.25) is 4.98 Å². The van der Waals surface area contributed by atoms with Crippen molar-refractivity contribution in [3.63, 3.8) is 0 Å². The van der Waals surface area contributed by atoms with Gasteiger partial charge in [-0.05, 0) is 32.0 Å². The number of piperazine rings is 1. The average Bonchev–Trinajstić information content (AvgIpc) is 2.37. The van der Waals surface area contributed by atoms with Gasteiger partial charge in [0.2, 0.25) is 0 Å². The first-order chi connectivity index (χ1) is 9.11. The molecule has 5 heteroatoms. The summed E-state index contributed by atoms with van der Waals surface area (Å²) >= 11 is 5.96. The molecule has 1 aromatic carbocycles. The van der Waals surface area contributed by atoms with Crippen molar-refractivity contribution >= 4 is 28.5 Å². The van der Waals surface area contributed by atoms with Crippen LogP contribution in [0.2, 0.25) is 5.02 Å². The minimum absolute atomic E-state index is 0.464. The molecule has 1 aliphatic rings. The fourth-order valence-corrected chi connectivity index (χ4v) is 2.81. The third-order valence-corrected chi connectivity index (χ3v) is 3.61. The lowest BCUT2D eigenvalue weighted by Gasteiger charge is -2.36. The van der Waals surface area contributed by atoms with E-state index < -0.39 is 0 Å². The van der Waals surface area contributed by atoms with Gasteiger partial charge in [0.15, 0.2) is 0 Å². The number of rotatable bonds is 1. The van der Waals surface area contributed by atoms with E-state index in [0.29, 0.717) is 17.1 Å². The molecular weight excluding hydrogens is 260 g/mol. The number of benzene rings is 1. The Morgan fingerprint density at radius 2 is 1.95 bits per heavy atom. The molecule has 0 amide bonds. The molecule has 0 bridgehead atoms. The Balaban J connectivity index is 1.94. The van der Waals surface area contributed by atoms with Crippen LogP contribution in [0.4, 0.5) is 5.82 Å². The van der Waals surface area contributed by atoms with Crippen LogP contribution in [0.3, 0.4) is 0 Å². The summed E-state index contributed by atoms with van der Waals surface area (Å²) in [4.78, 5) is 11.4. The number of fused-ring (bicyclic) bond motifs is 1. The molecule has 3 rings (SSSR count). The standard InChI is InChI=1S/C14H17ClN4/c1-9-7-19(8-10(2)17-9)14-6-16-13-5-11(15)3-4-12(13)18-14/h3-6,9-10,17H,7-8H2,1-2H3/t9-,10-/m1/s1. The van der Waals surface area contributed by atoms with Gasteiger partial charge in [-0.2, -0.15) is 0 Å². The highest BCUT2D eigenvalue weighted by Crippen LogP contribution is 2.20. The van der Waals surface area contributed by atoms with Crippen molar-refractivity contribution < 1.29 is 0 Å². The largest absolute Gasteiger partial charge is 0.352 e. The maximum atomic E-state index is 5.96. The van der Waals surface area contributed by atoms with Crippen LogP contribution in [0.5, 0.6) is 0 Å². The lowest BCUT2D eigenvalue weighted by Crippen LogP contribution is -2.54. The SMILES string of the molecule is C[C@@H]1CN(c2cnc3cc(Cl)ccc3n2)C[C@@H](C)N1. The Morgan fingerprint density at radius 3 is 2.68 bits per heavy atom. The monoisotopic (exact) mass is 276 g/mol. The molecule has 4 nitrogen and oxygen atoms in total. The zero-order valence-electron chi connectivity index (χ0n) is 11.1. The second kappa shape index (κ2) is 4.94. The summed E-state index contributed by atoms with van der Waals surface area (Å²) in [6.45, 7) is 6.30. The summed E-state index contributed by atoms with van der Waals surface area (Å²) in [6.07, 6.45) is 1.84. The number of hydrogen-bond acceptors (Lipinski definition) is 4. The number of halogens is 1. The average molecular weight is 277 g/mol. The molecular formula is C14H17ClN4. The normalized spacial score (nSPS) is 23.8. The molecule has 19 heavy (non-hydrogen) atoms. The minimum Gasteiger partial charge on any atom is -0.352 e. The van der Waals surface area contributed by atoms with Crippen LogP contribution in [-0.2, 0) is 0 Å². The Labute approximate surface area is 117 Å². The van der Waals surface area contributed by atoms with E-state index in [0.717, 1.165) is 29.9 Å². The van der Waals surface area contributed by atoms with Gasteiger partial charge in [0, 0.05) is 30.2 Å². The first-order valence-electron chi connectivity index (χ1n) is 6.55. The number of nitrogens with one attached hydrogen (secondary N) is 1. The highest BCUT2D eigenvalue weighted by atomic mass is 35.5. The van der Waals surface area contributed by atoms with Gasteiger partial charge >= 0.3 is 0 Å². The molecule has 2 aromatic rings. The van der Waals surface area contributed by atoms with E-state index in [-0.39, 0.29) is 0 Å². The number of hydrogen-bond donors (Lipinski definition) is 1. The summed E-state index contributed by atoms with van der Waals surface area (Å²) in [5.74, 6) is 0.940. The van der Waals surface area contributed by atoms with Crippen molar-refractivity contribution in [2.75, 3.05) is 18.0 Å². The van der Waals surface area contributed by atoms with Crippen molar-refractivity contribution in [3.8, 4) is 0 Å². The maximum absolute atomic E-state index is 5.96. The number of anilines is 1. The highest BCUT2D eigenvalue weighted by molar-refractivity contribution is 6.31. The van der Waals surface area contributed by atoms with Crippen LogP contribution in [0, 0.1) is 0 Å². The van der Waals surface area contributed by atoms with Gasteiger partial charge in [-0.15, -0.1) is 0 Å². The van der Waals surface area contributed by atoms with Crippen molar-refractivity contribution in [1.29, 1.82) is 0 Å². The van der Waals surface area contributed by atoms with Crippen molar-refractivity contribution in [3.05, 3.63) is 29.4 Å². The summed E-state index contributed by atoms with van der Waals surface area (Å²) in [5.41, 5.74) is 1.73. The third-order valence-electron chi connectivity index (χ3n) is 3.37. The topological polar surface area (TPSA) is 41.1 Å². The summed E-state index contributed by atoms with van der Waals surface area (Å²) in [5, 5.41) is 4.21. The van der Waals surface area contributed by atoms with Gasteiger partial charge < -0.3 is 10.2 Å². The molecule has 2 heterocycles. The van der Waals surface area contributed by atoms with Crippen LogP contribution in [-0.4, -0.2) is 35.1 Å². The first-order valence-corrected chi connectivity index (χ1v) is 6.93. The molecule has 0 saturated carbocycles. The predicted octanol–water partition coefficient (Wildman–Crippen LogP) is 2.47. The molecule has 1 saturated heterocycles. The van der Waals surface area contributed by atoms with E-state index in [1.54, 1.807) is 0 Å². The van der Waals surface area contributed by atoms with E-state index in [4.69, 9.17) is 11.6 Å². The lowest BCUT2D eigenvalue weighted by atomic mass is 10.1. The molecule has 0 radical (unpaired) electrons. The number of nitrogens with zero attached hydrogens (tertiary/aromatic N) is 3. The van der Waals surface area contributed by atoms with Gasteiger partial charge in [-0.1, -0.05) is 11.6 Å². The zero-order chi connectivity index (χ0) is 13.4. The van der Waals surface area contributed by atoms with Crippen LogP contribution >= 0.6 is 11.6 Å². The fraction of sp³-hybridized carbons (Fsp3) is 0.429. The Bertz CT molecular complexity index is 591. The zero-order valence-corrected chi connectivity index (χ0v) is 11.9. The molecule has 0 unspecified atom stereocenters. The van der Waals surface area contributed by atoms with E-state index in [1.165, 1.54) is 0 Å². The minimum atomic E-state index is 0.464. The summed E-state index contributed by atoms with van der Waals surface area (Å²) in [6, 6.07) is 6.54. The van der Waals surface area contributed by atoms with Gasteiger partial charge in [-0.25, -0.2) is 4.98 Å². The van der Waals surface area contributed by atoms with Crippen molar-refractivity contribution in [2.24, 2.45) is 0 Å². The van der Waals surface area contributed by atoms with Crippen LogP contribution in [0.1, 0.15) is 13.8 Å². The predicted molar refractivity (Wildman–Crippen MR) is 78.8 cm³/mol. The lowest BCUT2D eigenvalue weighted by molar-refractivity contribution is 0.405. The fourth-order valence-electron chi connectivity index (χ4n) is 2.64. The molecule has 1 aliphatic heterocycles. The van der Waals surface area contributed by atoms with Crippen molar-refractivity contribution in [1.82, 2.24) is 15.3 Å². The number of aromatic nitrogens is 2. The van der Waals surface area contributed by atoms with Crippen molar-refractivity contribution in [2.45, 2.75) is 25.9 Å². The van der Waals surface area contributed by atoms with Crippen LogP contribution in [0.15, 0.2) is 24.4 Å². The second-order valence-corrected chi connectivity index (χ2v) is 5.67.